The molecule has 1 N–H and O–H groups in total. The van der Waals surface area contributed by atoms with Gasteiger partial charge in [0.25, 0.3) is 0 Å². The van der Waals surface area contributed by atoms with Crippen LogP contribution in [0, 0.1) is 11.3 Å². The monoisotopic (exact) mass is 279 g/mol. The Bertz CT molecular complexity index is 732. The van der Waals surface area contributed by atoms with E-state index in [-0.39, 0.29) is 0 Å². The molecule has 21 heavy (non-hydrogen) atoms. The number of fused-ring (bicyclic) bond motifs is 1. The summed E-state index contributed by atoms with van der Waals surface area (Å²) in [4.78, 5) is 17.6. The smallest absolute Gasteiger partial charge is 0.335 e. The van der Waals surface area contributed by atoms with Gasteiger partial charge in [0.1, 0.15) is 11.9 Å². The van der Waals surface area contributed by atoms with Crippen LogP contribution in [0.25, 0.3) is 0 Å². The highest BCUT2D eigenvalue weighted by molar-refractivity contribution is 5.90. The number of nitrogens with zero attached hydrogens (tertiary/aromatic N) is 3. The van der Waals surface area contributed by atoms with Gasteiger partial charge in [-0.3, -0.25) is 0 Å². The standard InChI is InChI=1S/C16H13N3O2/c17-8-11-4-5-15(18-9-11)19-7-6-13-12(10-19)2-1-3-14(13)16(20)21/h1-5,9H,6-7,10H2,(H,20,21). The number of carbonyl (C=O) groups is 1. The molecule has 1 aromatic heterocycles. The highest BCUT2D eigenvalue weighted by atomic mass is 16.4. The molecule has 0 aliphatic carbocycles. The topological polar surface area (TPSA) is 77.2 Å². The Morgan fingerprint density at radius 3 is 2.86 bits per heavy atom. The molecular weight excluding hydrogens is 266 g/mol. The minimum absolute atomic E-state index is 0.389. The molecule has 0 radical (unpaired) electrons. The summed E-state index contributed by atoms with van der Waals surface area (Å²) in [6.45, 7) is 1.35. The number of rotatable bonds is 2. The van der Waals surface area contributed by atoms with Crippen molar-refractivity contribution in [3.8, 4) is 6.07 Å². The third kappa shape index (κ3) is 2.43. The van der Waals surface area contributed by atoms with E-state index in [1.807, 2.05) is 18.2 Å². The quantitative estimate of drug-likeness (QED) is 0.912. The lowest BCUT2D eigenvalue weighted by molar-refractivity contribution is 0.0695. The van der Waals surface area contributed by atoms with Crippen LogP contribution in [0.15, 0.2) is 36.5 Å². The normalized spacial score (nSPS) is 13.4. The van der Waals surface area contributed by atoms with Gasteiger partial charge in [0, 0.05) is 19.3 Å². The molecule has 0 saturated carbocycles. The Kier molecular flexibility index (Phi) is 3.28. The fourth-order valence-corrected chi connectivity index (χ4v) is 2.64. The van der Waals surface area contributed by atoms with Gasteiger partial charge >= 0.3 is 5.97 Å². The van der Waals surface area contributed by atoms with Gasteiger partial charge in [0.2, 0.25) is 0 Å². The number of hydrogen-bond acceptors (Lipinski definition) is 4. The molecule has 0 atom stereocenters. The van der Waals surface area contributed by atoms with Crippen molar-refractivity contribution in [2.45, 2.75) is 13.0 Å². The number of carboxylic acid groups (broad SMARTS) is 1. The van der Waals surface area contributed by atoms with E-state index >= 15 is 0 Å². The molecule has 0 fully saturated rings. The van der Waals surface area contributed by atoms with Crippen molar-refractivity contribution < 1.29 is 9.90 Å². The SMILES string of the molecule is N#Cc1ccc(N2CCc3c(cccc3C(=O)O)C2)nc1. The van der Waals surface area contributed by atoms with Crippen LogP contribution in [-0.4, -0.2) is 22.6 Å². The zero-order valence-electron chi connectivity index (χ0n) is 11.3. The van der Waals surface area contributed by atoms with E-state index in [0.717, 1.165) is 23.5 Å². The third-order valence-corrected chi connectivity index (χ3v) is 3.70. The van der Waals surface area contributed by atoms with Crippen molar-refractivity contribution in [1.29, 1.82) is 5.26 Å². The summed E-state index contributed by atoms with van der Waals surface area (Å²) in [6.07, 6.45) is 2.23. The molecule has 1 aromatic carbocycles. The summed E-state index contributed by atoms with van der Waals surface area (Å²) in [7, 11) is 0. The lowest BCUT2D eigenvalue weighted by atomic mass is 9.94. The molecule has 2 heterocycles. The first-order valence-electron chi connectivity index (χ1n) is 6.64. The Morgan fingerprint density at radius 1 is 1.33 bits per heavy atom. The zero-order valence-corrected chi connectivity index (χ0v) is 11.3. The number of aromatic carboxylic acids is 1. The van der Waals surface area contributed by atoms with Gasteiger partial charge in [0.15, 0.2) is 0 Å². The number of pyridine rings is 1. The second-order valence-corrected chi connectivity index (χ2v) is 4.94. The van der Waals surface area contributed by atoms with E-state index in [1.165, 1.54) is 0 Å². The van der Waals surface area contributed by atoms with Crippen LogP contribution in [0.3, 0.4) is 0 Å². The summed E-state index contributed by atoms with van der Waals surface area (Å²) < 4.78 is 0. The molecule has 0 saturated heterocycles. The van der Waals surface area contributed by atoms with E-state index in [2.05, 4.69) is 9.88 Å². The van der Waals surface area contributed by atoms with Gasteiger partial charge in [-0.2, -0.15) is 5.26 Å². The fourth-order valence-electron chi connectivity index (χ4n) is 2.64. The van der Waals surface area contributed by atoms with Crippen LogP contribution in [0.4, 0.5) is 5.82 Å². The van der Waals surface area contributed by atoms with Gasteiger partial charge in [-0.05, 0) is 35.7 Å². The van der Waals surface area contributed by atoms with Crippen LogP contribution in [0.2, 0.25) is 0 Å². The first-order chi connectivity index (χ1) is 10.2. The number of aromatic nitrogens is 1. The van der Waals surface area contributed by atoms with Gasteiger partial charge in [-0.25, -0.2) is 9.78 Å². The van der Waals surface area contributed by atoms with Gasteiger partial charge in [0.05, 0.1) is 11.1 Å². The number of benzene rings is 1. The van der Waals surface area contributed by atoms with E-state index in [4.69, 9.17) is 5.26 Å². The average molecular weight is 279 g/mol. The Hall–Kier alpha value is -2.87. The van der Waals surface area contributed by atoms with Gasteiger partial charge < -0.3 is 10.0 Å². The first-order valence-corrected chi connectivity index (χ1v) is 6.64. The van der Waals surface area contributed by atoms with Crippen LogP contribution < -0.4 is 4.90 Å². The van der Waals surface area contributed by atoms with Crippen molar-refractivity contribution >= 4 is 11.8 Å². The number of anilines is 1. The lowest BCUT2D eigenvalue weighted by Gasteiger charge is -2.30. The predicted octanol–water partition coefficient (Wildman–Crippen LogP) is 2.21. The summed E-state index contributed by atoms with van der Waals surface area (Å²) >= 11 is 0. The lowest BCUT2D eigenvalue weighted by Crippen LogP contribution is -2.32. The van der Waals surface area contributed by atoms with E-state index in [9.17, 15) is 9.90 Å². The van der Waals surface area contributed by atoms with Crippen LogP contribution in [0.1, 0.15) is 27.0 Å². The molecule has 0 bridgehead atoms. The minimum Gasteiger partial charge on any atom is -0.478 e. The Labute approximate surface area is 122 Å². The van der Waals surface area contributed by atoms with E-state index in [1.54, 1.807) is 24.4 Å². The van der Waals surface area contributed by atoms with Crippen molar-refractivity contribution in [3.05, 3.63) is 58.8 Å². The summed E-state index contributed by atoms with van der Waals surface area (Å²) in [6, 6.07) is 11.0. The number of nitriles is 1. The largest absolute Gasteiger partial charge is 0.478 e. The molecule has 104 valence electrons. The second-order valence-electron chi connectivity index (χ2n) is 4.94. The average Bonchev–Trinajstić information content (AvgIpc) is 2.53. The molecule has 1 aliphatic heterocycles. The molecule has 3 rings (SSSR count). The van der Waals surface area contributed by atoms with Crippen molar-refractivity contribution in [1.82, 2.24) is 4.98 Å². The Morgan fingerprint density at radius 2 is 2.19 bits per heavy atom. The van der Waals surface area contributed by atoms with Crippen molar-refractivity contribution in [3.63, 3.8) is 0 Å². The van der Waals surface area contributed by atoms with Crippen LogP contribution in [-0.2, 0) is 13.0 Å². The number of carboxylic acids is 1. The highest BCUT2D eigenvalue weighted by Crippen LogP contribution is 2.25. The summed E-state index contributed by atoms with van der Waals surface area (Å²) in [5, 5.41) is 18.0. The first kappa shape index (κ1) is 13.1. The van der Waals surface area contributed by atoms with E-state index in [0.29, 0.717) is 24.1 Å². The van der Waals surface area contributed by atoms with Crippen LogP contribution in [0.5, 0.6) is 0 Å². The molecular formula is C16H13N3O2. The minimum atomic E-state index is -0.878. The van der Waals surface area contributed by atoms with Crippen LogP contribution >= 0.6 is 0 Å². The molecule has 5 heteroatoms. The predicted molar refractivity (Wildman–Crippen MR) is 77.1 cm³/mol. The molecule has 2 aromatic rings. The molecule has 0 amide bonds. The maximum atomic E-state index is 11.2. The summed E-state index contributed by atoms with van der Waals surface area (Å²) in [5.41, 5.74) is 2.85. The molecule has 0 spiro atoms. The molecule has 0 unspecified atom stereocenters. The highest BCUT2D eigenvalue weighted by Gasteiger charge is 2.21. The molecule has 5 nitrogen and oxygen atoms in total. The number of hydrogen-bond donors (Lipinski definition) is 1. The summed E-state index contributed by atoms with van der Waals surface area (Å²) in [5.74, 6) is -0.0721. The zero-order chi connectivity index (χ0) is 14.8. The Balaban J connectivity index is 1.89. The third-order valence-electron chi connectivity index (χ3n) is 3.70. The second kappa shape index (κ2) is 5.25. The fraction of sp³-hybridized carbons (Fsp3) is 0.188. The van der Waals surface area contributed by atoms with Gasteiger partial charge in [-0.15, -0.1) is 0 Å². The van der Waals surface area contributed by atoms with Crippen molar-refractivity contribution in [2.75, 3.05) is 11.4 Å². The van der Waals surface area contributed by atoms with E-state index < -0.39 is 5.97 Å². The van der Waals surface area contributed by atoms with Gasteiger partial charge in [-0.1, -0.05) is 12.1 Å². The maximum Gasteiger partial charge on any atom is 0.335 e. The maximum absolute atomic E-state index is 11.2. The molecule has 1 aliphatic rings. The van der Waals surface area contributed by atoms with Crippen molar-refractivity contribution in [2.24, 2.45) is 0 Å².